The normalized spacial score (nSPS) is 15.3. The van der Waals surface area contributed by atoms with Crippen molar-refractivity contribution >= 4 is 34.7 Å². The van der Waals surface area contributed by atoms with Gasteiger partial charge in [0.2, 0.25) is 5.16 Å². The highest BCUT2D eigenvalue weighted by Gasteiger charge is 2.34. The second-order valence-corrected chi connectivity index (χ2v) is 8.48. The number of aromatic nitrogens is 4. The van der Waals surface area contributed by atoms with E-state index in [-0.39, 0.29) is 37.2 Å². The van der Waals surface area contributed by atoms with Gasteiger partial charge in [0.25, 0.3) is 17.5 Å². The van der Waals surface area contributed by atoms with Crippen LogP contribution in [-0.2, 0) is 7.05 Å². The van der Waals surface area contributed by atoms with Crippen LogP contribution in [0.25, 0.3) is 0 Å². The summed E-state index contributed by atoms with van der Waals surface area (Å²) in [7, 11) is 1.64. The number of piperidine rings is 1. The number of nitro groups is 1. The average molecular weight is 475 g/mol. The molecule has 0 bridgehead atoms. The lowest BCUT2D eigenvalue weighted by atomic mass is 10.1. The number of non-ortho nitro benzene ring substituents is 1. The maximum absolute atomic E-state index is 13.4. The number of carbonyl (C=O) groups is 1. The van der Waals surface area contributed by atoms with Crippen molar-refractivity contribution in [3.8, 4) is 0 Å². The number of nitrogens with zero attached hydrogens (tertiary/aromatic N) is 6. The van der Waals surface area contributed by atoms with E-state index in [1.165, 1.54) is 22.9 Å². The van der Waals surface area contributed by atoms with Crippen LogP contribution in [0.3, 0.4) is 0 Å². The van der Waals surface area contributed by atoms with Gasteiger partial charge in [-0.05, 0) is 52.5 Å². The van der Waals surface area contributed by atoms with Crippen molar-refractivity contribution in [1.82, 2.24) is 20.2 Å². The molecule has 1 amide bonds. The number of hydrogen-bond acceptors (Lipinski definition) is 8. The average Bonchev–Trinajstić information content (AvgIpc) is 3.19. The van der Waals surface area contributed by atoms with Crippen LogP contribution in [0.1, 0.15) is 23.2 Å². The number of amides is 1. The predicted molar refractivity (Wildman–Crippen MR) is 117 cm³/mol. The van der Waals surface area contributed by atoms with E-state index in [1.54, 1.807) is 31.3 Å². The minimum Gasteiger partial charge on any atom is -0.371 e. The van der Waals surface area contributed by atoms with E-state index in [1.807, 2.05) is 4.90 Å². The van der Waals surface area contributed by atoms with Crippen molar-refractivity contribution in [2.75, 3.05) is 23.3 Å². The first-order valence-electron chi connectivity index (χ1n) is 9.95. The molecule has 0 atom stereocenters. The molecule has 0 saturated carbocycles. The molecule has 1 fully saturated rings. The van der Waals surface area contributed by atoms with Gasteiger partial charge in [-0.15, -0.1) is 5.10 Å². The summed E-state index contributed by atoms with van der Waals surface area (Å²) in [5.74, 6) is -3.17. The minimum atomic E-state index is -2.63. The van der Waals surface area contributed by atoms with E-state index in [0.717, 1.165) is 17.4 Å². The highest BCUT2D eigenvalue weighted by Crippen LogP contribution is 2.33. The molecular formula is C20H19F2N7O3S. The number of aryl methyl sites for hydroxylation is 1. The van der Waals surface area contributed by atoms with Gasteiger partial charge in [-0.1, -0.05) is 0 Å². The summed E-state index contributed by atoms with van der Waals surface area (Å²) in [6.07, 6.45) is -0.389. The molecule has 1 aliphatic heterocycles. The number of nitro benzene ring substituents is 1. The van der Waals surface area contributed by atoms with Crippen molar-refractivity contribution in [2.45, 2.75) is 28.8 Å². The smallest absolute Gasteiger partial charge is 0.270 e. The first-order valence-corrected chi connectivity index (χ1v) is 10.8. The molecule has 13 heteroatoms. The third-order valence-corrected chi connectivity index (χ3v) is 6.29. The van der Waals surface area contributed by atoms with Gasteiger partial charge in [-0.2, -0.15) is 0 Å². The molecule has 1 aromatic heterocycles. The van der Waals surface area contributed by atoms with Crippen LogP contribution >= 0.6 is 11.8 Å². The quantitative estimate of drug-likeness (QED) is 0.423. The summed E-state index contributed by atoms with van der Waals surface area (Å²) in [4.78, 5) is 25.9. The summed E-state index contributed by atoms with van der Waals surface area (Å²) in [6, 6.07) is 10.8. The molecule has 0 spiro atoms. The number of halogens is 2. The number of benzene rings is 2. The third-order valence-electron chi connectivity index (χ3n) is 5.19. The van der Waals surface area contributed by atoms with Crippen LogP contribution in [0.15, 0.2) is 52.5 Å². The second-order valence-electron chi connectivity index (χ2n) is 7.47. The first-order chi connectivity index (χ1) is 15.7. The van der Waals surface area contributed by atoms with Crippen molar-refractivity contribution in [3.63, 3.8) is 0 Å². The SMILES string of the molecule is Cn1nnnc1Sc1ccc([N+](=O)[O-])cc1C(=O)Nc1ccc(N2CCC(F)(F)CC2)cc1. The Hall–Kier alpha value is -3.61. The van der Waals surface area contributed by atoms with Gasteiger partial charge in [-0.25, -0.2) is 13.5 Å². The number of nitrogens with one attached hydrogen (secondary N) is 1. The first kappa shape index (κ1) is 22.6. The molecule has 172 valence electrons. The Morgan fingerprint density at radius 3 is 2.48 bits per heavy atom. The van der Waals surface area contributed by atoms with Gasteiger partial charge in [0, 0.05) is 61.4 Å². The molecule has 2 heterocycles. The van der Waals surface area contributed by atoms with Gasteiger partial charge in [0.1, 0.15) is 0 Å². The van der Waals surface area contributed by atoms with Crippen LogP contribution in [0, 0.1) is 10.1 Å². The molecule has 1 aliphatic rings. The molecule has 2 aromatic carbocycles. The summed E-state index contributed by atoms with van der Waals surface area (Å²) < 4.78 is 28.2. The molecule has 33 heavy (non-hydrogen) atoms. The molecule has 4 rings (SSSR count). The van der Waals surface area contributed by atoms with Gasteiger partial charge in [0.15, 0.2) is 0 Å². The third kappa shape index (κ3) is 5.25. The van der Waals surface area contributed by atoms with E-state index in [9.17, 15) is 23.7 Å². The number of anilines is 2. The zero-order valence-electron chi connectivity index (χ0n) is 17.4. The lowest BCUT2D eigenvalue weighted by Crippen LogP contribution is -2.39. The van der Waals surface area contributed by atoms with Crippen molar-refractivity contribution in [2.24, 2.45) is 7.05 Å². The molecule has 0 aliphatic carbocycles. The predicted octanol–water partition coefficient (Wildman–Crippen LogP) is 3.76. The fourth-order valence-corrected chi connectivity index (χ4v) is 4.19. The number of carbonyl (C=O) groups excluding carboxylic acids is 1. The maximum atomic E-state index is 13.4. The lowest BCUT2D eigenvalue weighted by molar-refractivity contribution is -0.384. The Morgan fingerprint density at radius 1 is 1.18 bits per heavy atom. The van der Waals surface area contributed by atoms with Gasteiger partial charge < -0.3 is 10.2 Å². The van der Waals surface area contributed by atoms with Gasteiger partial charge >= 0.3 is 0 Å². The van der Waals surface area contributed by atoms with E-state index in [2.05, 4.69) is 20.8 Å². The molecule has 3 aromatic rings. The molecule has 10 nitrogen and oxygen atoms in total. The Balaban J connectivity index is 1.52. The molecular weight excluding hydrogens is 456 g/mol. The maximum Gasteiger partial charge on any atom is 0.270 e. The number of alkyl halides is 2. The zero-order valence-corrected chi connectivity index (χ0v) is 18.3. The van der Waals surface area contributed by atoms with Gasteiger partial charge in [0.05, 0.1) is 10.5 Å². The standard InChI is InChI=1S/C20H19F2N7O3S/c1-27-19(24-25-26-27)33-17-7-6-15(29(31)32)12-16(17)18(30)23-13-2-4-14(5-3-13)28-10-8-20(21,22)9-11-28/h2-7,12H,8-11H2,1H3,(H,23,30). The van der Waals surface area contributed by atoms with Crippen LogP contribution < -0.4 is 10.2 Å². The molecule has 1 saturated heterocycles. The van der Waals surface area contributed by atoms with E-state index in [0.29, 0.717) is 15.7 Å². The van der Waals surface area contributed by atoms with Crippen molar-refractivity contribution in [3.05, 3.63) is 58.1 Å². The second kappa shape index (κ2) is 9.10. The Bertz CT molecular complexity index is 1180. The Labute approximate surface area is 191 Å². The summed E-state index contributed by atoms with van der Waals surface area (Å²) in [6.45, 7) is 0.508. The molecule has 0 radical (unpaired) electrons. The van der Waals surface area contributed by atoms with Gasteiger partial charge in [-0.3, -0.25) is 14.9 Å². The fourth-order valence-electron chi connectivity index (χ4n) is 3.35. The van der Waals surface area contributed by atoms with E-state index >= 15 is 0 Å². The molecule has 1 N–H and O–H groups in total. The van der Waals surface area contributed by atoms with Crippen molar-refractivity contribution in [1.29, 1.82) is 0 Å². The Kier molecular flexibility index (Phi) is 6.22. The lowest BCUT2D eigenvalue weighted by Gasteiger charge is -2.33. The van der Waals surface area contributed by atoms with Crippen molar-refractivity contribution < 1.29 is 18.5 Å². The van der Waals surface area contributed by atoms with Crippen LogP contribution in [0.4, 0.5) is 25.8 Å². The number of tetrazole rings is 1. The number of hydrogen-bond donors (Lipinski definition) is 1. The number of rotatable bonds is 6. The van der Waals surface area contributed by atoms with Crippen LogP contribution in [0.2, 0.25) is 0 Å². The molecule has 0 unspecified atom stereocenters. The summed E-state index contributed by atoms with van der Waals surface area (Å²) in [5.41, 5.74) is 1.12. The zero-order chi connectivity index (χ0) is 23.6. The monoisotopic (exact) mass is 475 g/mol. The fraction of sp³-hybridized carbons (Fsp3) is 0.300. The summed E-state index contributed by atoms with van der Waals surface area (Å²) >= 11 is 1.10. The van der Waals surface area contributed by atoms with E-state index in [4.69, 9.17) is 0 Å². The highest BCUT2D eigenvalue weighted by atomic mass is 32.2. The largest absolute Gasteiger partial charge is 0.371 e. The van der Waals surface area contributed by atoms with Crippen LogP contribution in [0.5, 0.6) is 0 Å². The van der Waals surface area contributed by atoms with E-state index < -0.39 is 16.8 Å². The highest BCUT2D eigenvalue weighted by molar-refractivity contribution is 7.99. The topological polar surface area (TPSA) is 119 Å². The minimum absolute atomic E-state index is 0.0968. The van der Waals surface area contributed by atoms with Crippen LogP contribution in [-0.4, -0.2) is 50.0 Å². The Morgan fingerprint density at radius 2 is 1.88 bits per heavy atom. The summed E-state index contributed by atoms with van der Waals surface area (Å²) in [5, 5.41) is 25.5.